The molecule has 0 atom stereocenters. The zero-order valence-corrected chi connectivity index (χ0v) is 10.2. The van der Waals surface area contributed by atoms with E-state index in [0.29, 0.717) is 11.3 Å². The van der Waals surface area contributed by atoms with Crippen LogP contribution in [0.5, 0.6) is 0 Å². The van der Waals surface area contributed by atoms with Gasteiger partial charge in [0, 0.05) is 18.4 Å². The van der Waals surface area contributed by atoms with Crippen molar-refractivity contribution in [3.05, 3.63) is 29.8 Å². The quantitative estimate of drug-likeness (QED) is 0.760. The van der Waals surface area contributed by atoms with Crippen LogP contribution in [0.15, 0.2) is 24.3 Å². The van der Waals surface area contributed by atoms with Gasteiger partial charge >= 0.3 is 0 Å². The first-order chi connectivity index (χ1) is 7.94. The fraction of sp³-hybridized carbons (Fsp3) is 0.300. The van der Waals surface area contributed by atoms with Gasteiger partial charge in [0.1, 0.15) is 0 Å². The van der Waals surface area contributed by atoms with Gasteiger partial charge in [-0.1, -0.05) is 0 Å². The molecule has 0 fully saturated rings. The molecule has 0 aromatic heterocycles. The third-order valence-corrected chi connectivity index (χ3v) is 3.25. The SMILES string of the molecule is COCCS(=O)(=O)Nc1ccc(C(N)=O)cc1. The molecule has 0 saturated heterocycles. The number of benzene rings is 1. The number of nitrogens with two attached hydrogens (primary N) is 1. The average Bonchev–Trinajstić information content (AvgIpc) is 2.26. The number of methoxy groups -OCH3 is 1. The molecule has 0 saturated carbocycles. The number of hydrogen-bond donors (Lipinski definition) is 2. The van der Waals surface area contributed by atoms with Gasteiger partial charge < -0.3 is 10.5 Å². The van der Waals surface area contributed by atoms with Crippen molar-refractivity contribution in [2.75, 3.05) is 24.2 Å². The third kappa shape index (κ3) is 4.41. The zero-order chi connectivity index (χ0) is 12.9. The fourth-order valence-corrected chi connectivity index (χ4v) is 2.11. The van der Waals surface area contributed by atoms with Gasteiger partial charge in [0.2, 0.25) is 15.9 Å². The maximum absolute atomic E-state index is 11.5. The number of primary amides is 1. The Morgan fingerprint density at radius 1 is 1.35 bits per heavy atom. The smallest absolute Gasteiger partial charge is 0.248 e. The van der Waals surface area contributed by atoms with E-state index >= 15 is 0 Å². The summed E-state index contributed by atoms with van der Waals surface area (Å²) in [6.07, 6.45) is 0. The first kappa shape index (κ1) is 13.5. The van der Waals surface area contributed by atoms with Crippen LogP contribution in [0, 0.1) is 0 Å². The van der Waals surface area contributed by atoms with Crippen LogP contribution in [0.1, 0.15) is 10.4 Å². The van der Waals surface area contributed by atoms with Crippen molar-refractivity contribution in [1.29, 1.82) is 0 Å². The van der Waals surface area contributed by atoms with Crippen LogP contribution in [-0.4, -0.2) is 33.8 Å². The van der Waals surface area contributed by atoms with E-state index in [1.807, 2.05) is 0 Å². The fourth-order valence-electron chi connectivity index (χ4n) is 1.13. The first-order valence-corrected chi connectivity index (χ1v) is 6.49. The van der Waals surface area contributed by atoms with Gasteiger partial charge in [-0.3, -0.25) is 9.52 Å². The minimum absolute atomic E-state index is 0.120. The van der Waals surface area contributed by atoms with Gasteiger partial charge in [0.15, 0.2) is 0 Å². The van der Waals surface area contributed by atoms with Crippen molar-refractivity contribution in [3.63, 3.8) is 0 Å². The molecule has 0 aliphatic heterocycles. The molecule has 7 heteroatoms. The topological polar surface area (TPSA) is 98.5 Å². The summed E-state index contributed by atoms with van der Waals surface area (Å²) in [6.45, 7) is 0.120. The van der Waals surface area contributed by atoms with Crippen LogP contribution in [0.25, 0.3) is 0 Å². The summed E-state index contributed by atoms with van der Waals surface area (Å²) in [4.78, 5) is 10.8. The summed E-state index contributed by atoms with van der Waals surface area (Å²) >= 11 is 0. The lowest BCUT2D eigenvalue weighted by molar-refractivity contribution is 0.100. The highest BCUT2D eigenvalue weighted by atomic mass is 32.2. The van der Waals surface area contributed by atoms with Crippen molar-refractivity contribution in [2.45, 2.75) is 0 Å². The van der Waals surface area contributed by atoms with Gasteiger partial charge in [-0.2, -0.15) is 0 Å². The van der Waals surface area contributed by atoms with Crippen molar-refractivity contribution in [1.82, 2.24) is 0 Å². The second kappa shape index (κ2) is 5.65. The second-order valence-corrected chi connectivity index (χ2v) is 5.20. The lowest BCUT2D eigenvalue weighted by Crippen LogP contribution is -2.19. The van der Waals surface area contributed by atoms with Crippen LogP contribution in [0.2, 0.25) is 0 Å². The predicted molar refractivity (Wildman–Crippen MR) is 64.2 cm³/mol. The highest BCUT2D eigenvalue weighted by molar-refractivity contribution is 7.92. The average molecular weight is 258 g/mol. The molecule has 0 aliphatic carbocycles. The van der Waals surface area contributed by atoms with E-state index in [1.54, 1.807) is 0 Å². The summed E-state index contributed by atoms with van der Waals surface area (Å²) in [7, 11) is -1.99. The summed E-state index contributed by atoms with van der Waals surface area (Å²) < 4.78 is 30.0. The molecule has 1 aromatic carbocycles. The van der Waals surface area contributed by atoms with Crippen LogP contribution in [-0.2, 0) is 14.8 Å². The molecule has 1 rings (SSSR count). The van der Waals surface area contributed by atoms with E-state index < -0.39 is 15.9 Å². The Bertz CT molecular complexity index is 482. The Morgan fingerprint density at radius 3 is 2.41 bits per heavy atom. The molecule has 94 valence electrons. The Kier molecular flexibility index (Phi) is 4.47. The lowest BCUT2D eigenvalue weighted by Gasteiger charge is -2.07. The molecule has 1 amide bonds. The maximum atomic E-state index is 11.5. The summed E-state index contributed by atoms with van der Waals surface area (Å²) in [5.74, 6) is -0.681. The molecule has 6 nitrogen and oxygen atoms in total. The molecule has 0 unspecified atom stereocenters. The molecule has 1 aromatic rings. The number of nitrogens with one attached hydrogen (secondary N) is 1. The number of rotatable bonds is 6. The Morgan fingerprint density at radius 2 is 1.94 bits per heavy atom. The molecule has 0 aliphatic rings. The van der Waals surface area contributed by atoms with Crippen molar-refractivity contribution in [2.24, 2.45) is 5.73 Å². The highest BCUT2D eigenvalue weighted by Crippen LogP contribution is 2.11. The maximum Gasteiger partial charge on any atom is 0.248 e. The van der Waals surface area contributed by atoms with Gasteiger partial charge in [-0.25, -0.2) is 8.42 Å². The number of hydrogen-bond acceptors (Lipinski definition) is 4. The van der Waals surface area contributed by atoms with Gasteiger partial charge in [0.25, 0.3) is 0 Å². The number of carbonyl (C=O) groups is 1. The molecule has 3 N–H and O–H groups in total. The Hall–Kier alpha value is -1.60. The van der Waals surface area contributed by atoms with E-state index in [1.165, 1.54) is 31.4 Å². The van der Waals surface area contributed by atoms with E-state index in [4.69, 9.17) is 5.73 Å². The monoisotopic (exact) mass is 258 g/mol. The third-order valence-electron chi connectivity index (χ3n) is 2.00. The van der Waals surface area contributed by atoms with Crippen LogP contribution < -0.4 is 10.5 Å². The number of ether oxygens (including phenoxy) is 1. The molecule has 0 radical (unpaired) electrons. The van der Waals surface area contributed by atoms with Gasteiger partial charge in [-0.05, 0) is 24.3 Å². The Labute approximate surface area is 99.8 Å². The van der Waals surface area contributed by atoms with Crippen LogP contribution in [0.3, 0.4) is 0 Å². The van der Waals surface area contributed by atoms with E-state index in [-0.39, 0.29) is 12.4 Å². The standard InChI is InChI=1S/C10H14N2O4S/c1-16-6-7-17(14,15)12-9-4-2-8(3-5-9)10(11)13/h2-5,12H,6-7H2,1H3,(H2,11,13). The van der Waals surface area contributed by atoms with Gasteiger partial charge in [-0.15, -0.1) is 0 Å². The number of amides is 1. The summed E-state index contributed by atoms with van der Waals surface area (Å²) in [5, 5.41) is 0. The molecule has 17 heavy (non-hydrogen) atoms. The molecule has 0 heterocycles. The number of carbonyl (C=O) groups excluding carboxylic acids is 1. The van der Waals surface area contributed by atoms with Crippen LogP contribution >= 0.6 is 0 Å². The van der Waals surface area contributed by atoms with Crippen molar-refractivity contribution >= 4 is 21.6 Å². The summed E-state index contributed by atoms with van der Waals surface area (Å²) in [5.41, 5.74) is 5.77. The van der Waals surface area contributed by atoms with E-state index in [0.717, 1.165) is 0 Å². The normalized spacial score (nSPS) is 11.1. The lowest BCUT2D eigenvalue weighted by atomic mass is 10.2. The minimum atomic E-state index is -3.42. The second-order valence-electron chi connectivity index (χ2n) is 3.36. The number of sulfonamides is 1. The Balaban J connectivity index is 2.72. The van der Waals surface area contributed by atoms with Crippen LogP contribution in [0.4, 0.5) is 5.69 Å². The summed E-state index contributed by atoms with van der Waals surface area (Å²) in [6, 6.07) is 5.86. The molecular weight excluding hydrogens is 244 g/mol. The predicted octanol–water partition coefficient (Wildman–Crippen LogP) is 0.174. The van der Waals surface area contributed by atoms with Crippen molar-refractivity contribution in [3.8, 4) is 0 Å². The highest BCUT2D eigenvalue weighted by Gasteiger charge is 2.10. The number of anilines is 1. The zero-order valence-electron chi connectivity index (χ0n) is 9.34. The molecule has 0 spiro atoms. The molecular formula is C10H14N2O4S. The van der Waals surface area contributed by atoms with E-state index in [9.17, 15) is 13.2 Å². The van der Waals surface area contributed by atoms with Crippen molar-refractivity contribution < 1.29 is 17.9 Å². The molecule has 0 bridgehead atoms. The minimum Gasteiger partial charge on any atom is -0.384 e. The largest absolute Gasteiger partial charge is 0.384 e. The first-order valence-electron chi connectivity index (χ1n) is 4.84. The van der Waals surface area contributed by atoms with E-state index in [2.05, 4.69) is 9.46 Å². The van der Waals surface area contributed by atoms with Gasteiger partial charge in [0.05, 0.1) is 12.4 Å².